The van der Waals surface area contributed by atoms with Crippen molar-refractivity contribution in [3.05, 3.63) is 30.9 Å². The van der Waals surface area contributed by atoms with Crippen LogP contribution in [0.25, 0.3) is 0 Å². The topological polar surface area (TPSA) is 107 Å². The SMILES string of the molecule is C=CCSCCNC(=O)N[C@@H](Cc1cnc[nH]1)C(=O)O. The van der Waals surface area contributed by atoms with Crippen molar-refractivity contribution in [1.29, 1.82) is 0 Å². The summed E-state index contributed by atoms with van der Waals surface area (Å²) < 4.78 is 0. The molecular formula is C12H18N4O3S. The fraction of sp³-hybridized carbons (Fsp3) is 0.417. The second kappa shape index (κ2) is 9.03. The number of carbonyl (C=O) groups excluding carboxylic acids is 1. The fourth-order valence-corrected chi connectivity index (χ4v) is 2.01. The van der Waals surface area contributed by atoms with Gasteiger partial charge in [-0.25, -0.2) is 14.6 Å². The molecule has 0 unspecified atom stereocenters. The van der Waals surface area contributed by atoms with Gasteiger partial charge in [0.05, 0.1) is 6.33 Å². The summed E-state index contributed by atoms with van der Waals surface area (Å²) in [5, 5.41) is 14.1. The van der Waals surface area contributed by atoms with Gasteiger partial charge in [-0.3, -0.25) is 0 Å². The van der Waals surface area contributed by atoms with E-state index in [1.165, 1.54) is 12.5 Å². The van der Waals surface area contributed by atoms with E-state index in [9.17, 15) is 9.59 Å². The first-order valence-corrected chi connectivity index (χ1v) is 7.22. The predicted octanol–water partition coefficient (Wildman–Crippen LogP) is 0.624. The van der Waals surface area contributed by atoms with Crippen LogP contribution in [0.3, 0.4) is 0 Å². The molecule has 1 atom stereocenters. The molecule has 0 aliphatic carbocycles. The summed E-state index contributed by atoms with van der Waals surface area (Å²) in [6, 6.07) is -1.48. The summed E-state index contributed by atoms with van der Waals surface area (Å²) in [6.45, 7) is 4.07. The van der Waals surface area contributed by atoms with E-state index in [2.05, 4.69) is 27.2 Å². The number of imidazole rings is 1. The number of aliphatic carboxylic acids is 1. The minimum absolute atomic E-state index is 0.161. The molecule has 0 aliphatic heterocycles. The molecule has 0 saturated heterocycles. The number of hydrogen-bond donors (Lipinski definition) is 4. The van der Waals surface area contributed by atoms with Crippen LogP contribution in [0.1, 0.15) is 5.69 Å². The molecule has 4 N–H and O–H groups in total. The number of carboxylic acids is 1. The van der Waals surface area contributed by atoms with Gasteiger partial charge < -0.3 is 20.7 Å². The van der Waals surface area contributed by atoms with Gasteiger partial charge in [0.25, 0.3) is 0 Å². The quantitative estimate of drug-likeness (QED) is 0.395. The van der Waals surface area contributed by atoms with Crippen molar-refractivity contribution in [2.24, 2.45) is 0 Å². The Morgan fingerprint density at radius 3 is 3.00 bits per heavy atom. The third kappa shape index (κ3) is 6.28. The fourth-order valence-electron chi connectivity index (χ4n) is 1.43. The van der Waals surface area contributed by atoms with Crippen LogP contribution < -0.4 is 10.6 Å². The predicted molar refractivity (Wildman–Crippen MR) is 77.8 cm³/mol. The van der Waals surface area contributed by atoms with Gasteiger partial charge >= 0.3 is 12.0 Å². The summed E-state index contributed by atoms with van der Waals surface area (Å²) in [6.07, 6.45) is 4.94. The van der Waals surface area contributed by atoms with E-state index in [0.29, 0.717) is 12.2 Å². The molecule has 1 aromatic heterocycles. The minimum atomic E-state index is -1.09. The van der Waals surface area contributed by atoms with Crippen LogP contribution in [-0.4, -0.2) is 51.2 Å². The average molecular weight is 298 g/mol. The van der Waals surface area contributed by atoms with Gasteiger partial charge in [-0.1, -0.05) is 6.08 Å². The molecule has 0 fully saturated rings. The number of carboxylic acid groups (broad SMARTS) is 1. The van der Waals surface area contributed by atoms with Crippen molar-refractivity contribution in [2.45, 2.75) is 12.5 Å². The molecular weight excluding hydrogens is 280 g/mol. The number of rotatable bonds is 9. The molecule has 0 spiro atoms. The molecule has 1 aromatic rings. The zero-order valence-electron chi connectivity index (χ0n) is 11.0. The van der Waals surface area contributed by atoms with Gasteiger partial charge in [-0.2, -0.15) is 11.8 Å². The second-order valence-corrected chi connectivity index (χ2v) is 5.09. The van der Waals surface area contributed by atoms with Crippen molar-refractivity contribution in [2.75, 3.05) is 18.1 Å². The number of urea groups is 1. The molecule has 20 heavy (non-hydrogen) atoms. The summed E-state index contributed by atoms with van der Waals surface area (Å²) >= 11 is 1.63. The highest BCUT2D eigenvalue weighted by Gasteiger charge is 2.20. The molecule has 110 valence electrons. The summed E-state index contributed by atoms with van der Waals surface area (Å²) in [5.74, 6) is 0.481. The van der Waals surface area contributed by atoms with E-state index in [0.717, 1.165) is 11.5 Å². The van der Waals surface area contributed by atoms with Gasteiger partial charge in [-0.05, 0) is 0 Å². The van der Waals surface area contributed by atoms with Gasteiger partial charge in [-0.15, -0.1) is 6.58 Å². The van der Waals surface area contributed by atoms with Crippen molar-refractivity contribution in [3.63, 3.8) is 0 Å². The highest BCUT2D eigenvalue weighted by Crippen LogP contribution is 1.99. The first-order valence-electron chi connectivity index (χ1n) is 6.06. The Bertz CT molecular complexity index is 436. The lowest BCUT2D eigenvalue weighted by molar-refractivity contribution is -0.139. The third-order valence-electron chi connectivity index (χ3n) is 2.35. The number of carbonyl (C=O) groups is 2. The standard InChI is InChI=1S/C12H18N4O3S/c1-2-4-20-5-3-14-12(19)16-10(11(17)18)6-9-7-13-8-15-9/h2,7-8,10H,1,3-6H2,(H,13,15)(H,17,18)(H2,14,16,19)/t10-/m0/s1. The molecule has 7 nitrogen and oxygen atoms in total. The number of thioether (sulfide) groups is 1. The van der Waals surface area contributed by atoms with E-state index >= 15 is 0 Å². The lowest BCUT2D eigenvalue weighted by atomic mass is 10.2. The van der Waals surface area contributed by atoms with Crippen LogP contribution in [0, 0.1) is 0 Å². The maximum Gasteiger partial charge on any atom is 0.326 e. The van der Waals surface area contributed by atoms with Gasteiger partial charge in [0.1, 0.15) is 6.04 Å². The van der Waals surface area contributed by atoms with Gasteiger partial charge in [0.2, 0.25) is 0 Å². The number of nitrogens with zero attached hydrogens (tertiary/aromatic N) is 1. The Labute approximate surface area is 121 Å². The van der Waals surface area contributed by atoms with E-state index in [4.69, 9.17) is 5.11 Å². The van der Waals surface area contributed by atoms with Crippen LogP contribution in [-0.2, 0) is 11.2 Å². The molecule has 0 aliphatic rings. The maximum absolute atomic E-state index is 11.6. The first kappa shape index (κ1) is 16.1. The van der Waals surface area contributed by atoms with Crippen LogP contribution in [0.2, 0.25) is 0 Å². The molecule has 0 saturated carbocycles. The first-order chi connectivity index (χ1) is 9.63. The number of hydrogen-bond acceptors (Lipinski definition) is 4. The number of H-pyrrole nitrogens is 1. The highest BCUT2D eigenvalue weighted by molar-refractivity contribution is 7.99. The van der Waals surface area contributed by atoms with Crippen molar-refractivity contribution < 1.29 is 14.7 Å². The maximum atomic E-state index is 11.6. The van der Waals surface area contributed by atoms with E-state index in [1.54, 1.807) is 17.8 Å². The monoisotopic (exact) mass is 298 g/mol. The van der Waals surface area contributed by atoms with E-state index < -0.39 is 18.0 Å². The molecule has 0 aromatic carbocycles. The zero-order chi connectivity index (χ0) is 14.8. The highest BCUT2D eigenvalue weighted by atomic mass is 32.2. The molecule has 1 rings (SSSR count). The molecule has 0 radical (unpaired) electrons. The average Bonchev–Trinajstić information content (AvgIpc) is 2.90. The minimum Gasteiger partial charge on any atom is -0.480 e. The molecule has 2 amide bonds. The number of aromatic amines is 1. The summed E-state index contributed by atoms with van der Waals surface area (Å²) in [5.41, 5.74) is 0.652. The Morgan fingerprint density at radius 2 is 2.40 bits per heavy atom. The van der Waals surface area contributed by atoms with E-state index in [1.807, 2.05) is 0 Å². The Balaban J connectivity index is 2.32. The van der Waals surface area contributed by atoms with E-state index in [-0.39, 0.29) is 6.42 Å². The summed E-state index contributed by atoms with van der Waals surface area (Å²) in [7, 11) is 0. The zero-order valence-corrected chi connectivity index (χ0v) is 11.8. The molecule has 1 heterocycles. The normalized spacial score (nSPS) is 11.6. The van der Waals surface area contributed by atoms with Crippen LogP contribution in [0.15, 0.2) is 25.2 Å². The Hall–Kier alpha value is -1.96. The van der Waals surface area contributed by atoms with Gasteiger partial charge in [0, 0.05) is 36.4 Å². The van der Waals surface area contributed by atoms with Crippen molar-refractivity contribution in [3.8, 4) is 0 Å². The Morgan fingerprint density at radius 1 is 1.60 bits per heavy atom. The van der Waals surface area contributed by atoms with Crippen molar-refractivity contribution in [1.82, 2.24) is 20.6 Å². The van der Waals surface area contributed by atoms with Crippen LogP contribution in [0.4, 0.5) is 4.79 Å². The number of aromatic nitrogens is 2. The lowest BCUT2D eigenvalue weighted by Crippen LogP contribution is -2.47. The molecule has 0 bridgehead atoms. The number of nitrogens with one attached hydrogen (secondary N) is 3. The van der Waals surface area contributed by atoms with Crippen LogP contribution >= 0.6 is 11.8 Å². The summed E-state index contributed by atoms with van der Waals surface area (Å²) in [4.78, 5) is 29.3. The van der Waals surface area contributed by atoms with Gasteiger partial charge in [0.15, 0.2) is 0 Å². The third-order valence-corrected chi connectivity index (χ3v) is 3.31. The molecule has 8 heteroatoms. The van der Waals surface area contributed by atoms with Crippen molar-refractivity contribution >= 4 is 23.8 Å². The lowest BCUT2D eigenvalue weighted by Gasteiger charge is -2.14. The number of amides is 2. The Kier molecular flexibility index (Phi) is 7.26. The van der Waals surface area contributed by atoms with Crippen LogP contribution in [0.5, 0.6) is 0 Å². The smallest absolute Gasteiger partial charge is 0.326 e. The second-order valence-electron chi connectivity index (χ2n) is 3.94. The largest absolute Gasteiger partial charge is 0.480 e.